The molecular formula is C16H19FN4O3. The third-order valence-electron chi connectivity index (χ3n) is 3.72. The Morgan fingerprint density at radius 1 is 1.29 bits per heavy atom. The molecule has 1 amide bonds. The first-order valence-electron chi connectivity index (χ1n) is 7.86. The Morgan fingerprint density at radius 2 is 2.12 bits per heavy atom. The van der Waals surface area contributed by atoms with E-state index < -0.39 is 5.91 Å². The molecule has 1 aromatic heterocycles. The van der Waals surface area contributed by atoms with Crippen molar-refractivity contribution in [1.29, 1.82) is 0 Å². The molecule has 1 saturated heterocycles. The Kier molecular flexibility index (Phi) is 5.50. The van der Waals surface area contributed by atoms with Crippen molar-refractivity contribution in [3.63, 3.8) is 0 Å². The highest BCUT2D eigenvalue weighted by atomic mass is 19.1. The van der Waals surface area contributed by atoms with E-state index in [1.54, 1.807) is 12.1 Å². The number of amides is 1. The summed E-state index contributed by atoms with van der Waals surface area (Å²) >= 11 is 0. The normalized spacial score (nSPS) is 15.4. The summed E-state index contributed by atoms with van der Waals surface area (Å²) in [5, 5.41) is 10.3. The quantitative estimate of drug-likeness (QED) is 0.844. The lowest BCUT2D eigenvalue weighted by molar-refractivity contribution is 0.0382. The predicted molar refractivity (Wildman–Crippen MR) is 83.1 cm³/mol. The number of rotatable bonds is 6. The number of carbonyl (C=O) groups is 1. The third-order valence-corrected chi connectivity index (χ3v) is 3.72. The van der Waals surface area contributed by atoms with Crippen molar-refractivity contribution in [1.82, 2.24) is 20.4 Å². The zero-order chi connectivity index (χ0) is 16.8. The summed E-state index contributed by atoms with van der Waals surface area (Å²) < 4.78 is 23.8. The molecule has 8 heteroatoms. The predicted octanol–water partition coefficient (Wildman–Crippen LogP) is 0.862. The van der Waals surface area contributed by atoms with Crippen LogP contribution < -0.4 is 5.32 Å². The lowest BCUT2D eigenvalue weighted by atomic mass is 10.1. The summed E-state index contributed by atoms with van der Waals surface area (Å²) in [6, 6.07) is 6.13. The first-order chi connectivity index (χ1) is 11.7. The lowest BCUT2D eigenvalue weighted by Crippen LogP contribution is -2.41. The molecule has 2 heterocycles. The van der Waals surface area contributed by atoms with Crippen molar-refractivity contribution in [3.05, 3.63) is 47.4 Å². The molecule has 3 rings (SSSR count). The lowest BCUT2D eigenvalue weighted by Gasteiger charge is -2.26. The fourth-order valence-corrected chi connectivity index (χ4v) is 2.47. The topological polar surface area (TPSA) is 80.5 Å². The van der Waals surface area contributed by atoms with Crippen LogP contribution in [0.3, 0.4) is 0 Å². The second-order valence-electron chi connectivity index (χ2n) is 5.52. The van der Waals surface area contributed by atoms with Gasteiger partial charge >= 0.3 is 11.8 Å². The Hall–Kier alpha value is -2.32. The number of ether oxygens (including phenoxy) is 1. The maximum Gasteiger partial charge on any atom is 0.308 e. The molecule has 0 spiro atoms. The summed E-state index contributed by atoms with van der Waals surface area (Å²) in [5.41, 5.74) is 0.706. The van der Waals surface area contributed by atoms with Gasteiger partial charge in [-0.2, -0.15) is 0 Å². The van der Waals surface area contributed by atoms with Gasteiger partial charge in [-0.1, -0.05) is 12.1 Å². The third kappa shape index (κ3) is 4.59. The molecule has 0 unspecified atom stereocenters. The minimum atomic E-state index is -0.402. The molecule has 0 bridgehead atoms. The molecule has 24 heavy (non-hydrogen) atoms. The van der Waals surface area contributed by atoms with E-state index in [1.165, 1.54) is 12.1 Å². The van der Waals surface area contributed by atoms with Gasteiger partial charge in [-0.3, -0.25) is 9.69 Å². The van der Waals surface area contributed by atoms with Crippen LogP contribution >= 0.6 is 0 Å². The van der Waals surface area contributed by atoms with Crippen molar-refractivity contribution in [3.8, 4) is 0 Å². The van der Waals surface area contributed by atoms with Crippen molar-refractivity contribution in [2.75, 3.05) is 39.4 Å². The van der Waals surface area contributed by atoms with Gasteiger partial charge in [-0.25, -0.2) is 4.39 Å². The number of benzene rings is 1. The van der Waals surface area contributed by atoms with E-state index in [2.05, 4.69) is 20.4 Å². The number of hydrogen-bond donors (Lipinski definition) is 1. The van der Waals surface area contributed by atoms with Crippen LogP contribution in [0, 0.1) is 5.82 Å². The van der Waals surface area contributed by atoms with E-state index in [4.69, 9.17) is 9.15 Å². The minimum absolute atomic E-state index is 0.0802. The van der Waals surface area contributed by atoms with Gasteiger partial charge < -0.3 is 14.5 Å². The van der Waals surface area contributed by atoms with Crippen LogP contribution in [0.15, 0.2) is 28.7 Å². The number of halogens is 1. The van der Waals surface area contributed by atoms with Crippen LogP contribution in [0.1, 0.15) is 22.1 Å². The van der Waals surface area contributed by atoms with Crippen molar-refractivity contribution in [2.24, 2.45) is 0 Å². The number of nitrogens with one attached hydrogen (secondary N) is 1. The van der Waals surface area contributed by atoms with Gasteiger partial charge in [0.25, 0.3) is 0 Å². The highest BCUT2D eigenvalue weighted by Gasteiger charge is 2.16. The molecule has 1 aliphatic rings. The number of hydrogen-bond acceptors (Lipinski definition) is 6. The van der Waals surface area contributed by atoms with E-state index in [9.17, 15) is 9.18 Å². The largest absolute Gasteiger partial charge is 0.417 e. The molecule has 0 aliphatic carbocycles. The van der Waals surface area contributed by atoms with Crippen LogP contribution in [0.4, 0.5) is 4.39 Å². The average molecular weight is 334 g/mol. The monoisotopic (exact) mass is 334 g/mol. The first-order valence-corrected chi connectivity index (χ1v) is 7.86. The van der Waals surface area contributed by atoms with E-state index in [-0.39, 0.29) is 24.0 Å². The van der Waals surface area contributed by atoms with Crippen LogP contribution in [-0.4, -0.2) is 60.4 Å². The number of carbonyl (C=O) groups excluding carboxylic acids is 1. The highest BCUT2D eigenvalue weighted by Crippen LogP contribution is 2.10. The molecule has 7 nitrogen and oxygen atoms in total. The molecule has 1 N–H and O–H groups in total. The smallest absolute Gasteiger partial charge is 0.308 e. The average Bonchev–Trinajstić information content (AvgIpc) is 3.04. The summed E-state index contributed by atoms with van der Waals surface area (Å²) in [6.07, 6.45) is 0.284. The molecule has 1 aromatic carbocycles. The summed E-state index contributed by atoms with van der Waals surface area (Å²) in [4.78, 5) is 14.2. The van der Waals surface area contributed by atoms with Crippen LogP contribution in [0.2, 0.25) is 0 Å². The van der Waals surface area contributed by atoms with Crippen LogP contribution in [0.5, 0.6) is 0 Å². The number of aromatic nitrogens is 2. The van der Waals surface area contributed by atoms with Gasteiger partial charge in [0.2, 0.25) is 5.89 Å². The molecule has 2 aromatic rings. The van der Waals surface area contributed by atoms with Gasteiger partial charge in [0.1, 0.15) is 5.82 Å². The molecular weight excluding hydrogens is 315 g/mol. The molecule has 1 fully saturated rings. The second kappa shape index (κ2) is 7.98. The maximum absolute atomic E-state index is 13.2. The summed E-state index contributed by atoms with van der Waals surface area (Å²) in [7, 11) is 0. The van der Waals surface area contributed by atoms with E-state index >= 15 is 0 Å². The highest BCUT2D eigenvalue weighted by molar-refractivity contribution is 5.89. The zero-order valence-electron chi connectivity index (χ0n) is 13.2. The van der Waals surface area contributed by atoms with Gasteiger partial charge in [0.05, 0.1) is 19.6 Å². The Labute approximate surface area is 138 Å². The Morgan fingerprint density at radius 3 is 2.92 bits per heavy atom. The van der Waals surface area contributed by atoms with E-state index in [1.807, 2.05) is 0 Å². The SMILES string of the molecule is O=C(NCCN1CCOCC1)c1nnc(Cc2cccc(F)c2)o1. The fourth-order valence-electron chi connectivity index (χ4n) is 2.47. The molecule has 128 valence electrons. The molecule has 1 aliphatic heterocycles. The van der Waals surface area contributed by atoms with Crippen LogP contribution in [-0.2, 0) is 11.2 Å². The molecule has 0 atom stereocenters. The standard InChI is InChI=1S/C16H19FN4O3/c17-13-3-1-2-12(10-13)11-14-19-20-16(24-14)15(22)18-4-5-21-6-8-23-9-7-21/h1-3,10H,4-9,11H2,(H,18,22). The Bertz CT molecular complexity index is 685. The summed E-state index contributed by atoms with van der Waals surface area (Å²) in [5.74, 6) is -0.531. The van der Waals surface area contributed by atoms with Crippen molar-refractivity contribution in [2.45, 2.75) is 6.42 Å². The van der Waals surface area contributed by atoms with E-state index in [0.29, 0.717) is 12.1 Å². The molecule has 0 saturated carbocycles. The first kappa shape index (κ1) is 16.5. The summed E-state index contributed by atoms with van der Waals surface area (Å²) in [6.45, 7) is 4.43. The van der Waals surface area contributed by atoms with Crippen molar-refractivity contribution < 1.29 is 18.3 Å². The zero-order valence-corrected chi connectivity index (χ0v) is 13.2. The van der Waals surface area contributed by atoms with Gasteiger partial charge in [0, 0.05) is 26.2 Å². The van der Waals surface area contributed by atoms with Gasteiger partial charge in [0.15, 0.2) is 0 Å². The molecule has 0 radical (unpaired) electrons. The number of nitrogens with zero attached hydrogens (tertiary/aromatic N) is 3. The number of morpholine rings is 1. The minimum Gasteiger partial charge on any atom is -0.417 e. The van der Waals surface area contributed by atoms with Crippen LogP contribution in [0.25, 0.3) is 0 Å². The van der Waals surface area contributed by atoms with Crippen molar-refractivity contribution >= 4 is 5.91 Å². The maximum atomic E-state index is 13.2. The van der Waals surface area contributed by atoms with Gasteiger partial charge in [-0.05, 0) is 17.7 Å². The second-order valence-corrected chi connectivity index (χ2v) is 5.52. The Balaban J connectivity index is 1.48. The van der Waals surface area contributed by atoms with E-state index in [0.717, 1.165) is 32.8 Å². The van der Waals surface area contributed by atoms with Gasteiger partial charge in [-0.15, -0.1) is 10.2 Å². The fraction of sp³-hybridized carbons (Fsp3) is 0.438.